The van der Waals surface area contributed by atoms with Crippen molar-refractivity contribution in [3.05, 3.63) is 0 Å². The topological polar surface area (TPSA) is 91.4 Å². The molecule has 0 saturated carbocycles. The second-order valence-electron chi connectivity index (χ2n) is 7.43. The van der Waals surface area contributed by atoms with Crippen molar-refractivity contribution in [3.8, 4) is 0 Å². The maximum Gasteiger partial charge on any atom is 0.308 e. The molecule has 9 nitrogen and oxygen atoms in total. The summed E-state index contributed by atoms with van der Waals surface area (Å²) in [5.41, 5.74) is 0. The predicted molar refractivity (Wildman–Crippen MR) is 104 cm³/mol. The molecular weight excluding hydrogens is 364 g/mol. The van der Waals surface area contributed by atoms with Gasteiger partial charge in [-0.3, -0.25) is 24.2 Å². The molecule has 9 heteroatoms. The fourth-order valence-electron chi connectivity index (χ4n) is 3.63. The first-order valence-corrected chi connectivity index (χ1v) is 10.1. The van der Waals surface area contributed by atoms with Crippen LogP contribution in [0.4, 0.5) is 0 Å². The molecule has 0 unspecified atom stereocenters. The highest BCUT2D eigenvalue weighted by molar-refractivity contribution is 5.79. The van der Waals surface area contributed by atoms with Crippen LogP contribution in [-0.4, -0.2) is 112 Å². The number of amides is 2. The largest absolute Gasteiger partial charge is 0.469 e. The lowest BCUT2D eigenvalue weighted by Crippen LogP contribution is -2.52. The molecule has 2 rings (SSSR count). The molecule has 2 amide bonds. The van der Waals surface area contributed by atoms with Gasteiger partial charge in [0.15, 0.2) is 0 Å². The number of methoxy groups -OCH3 is 2. The van der Waals surface area contributed by atoms with E-state index < -0.39 is 0 Å². The van der Waals surface area contributed by atoms with E-state index >= 15 is 0 Å². The van der Waals surface area contributed by atoms with Crippen molar-refractivity contribution >= 4 is 17.8 Å². The Kier molecular flexibility index (Phi) is 9.66. The summed E-state index contributed by atoms with van der Waals surface area (Å²) in [5.74, 6) is -0.106. The van der Waals surface area contributed by atoms with E-state index in [1.165, 1.54) is 7.11 Å². The molecule has 2 fully saturated rings. The van der Waals surface area contributed by atoms with E-state index in [4.69, 9.17) is 9.47 Å². The lowest BCUT2D eigenvalue weighted by atomic mass is 9.97. The molecular formula is C19H34N4O5. The lowest BCUT2D eigenvalue weighted by molar-refractivity contribution is -0.149. The minimum atomic E-state index is -0.175. The minimum Gasteiger partial charge on any atom is -0.469 e. The molecule has 1 N–H and O–H groups in total. The number of nitrogens with one attached hydrogen (secondary N) is 1. The number of hydrogen-bond acceptors (Lipinski definition) is 7. The SMILES string of the molecule is COCCCNC(=O)CN1CCN(CC(=O)N2CCC(C(=O)OC)CC2)CC1. The van der Waals surface area contributed by atoms with Gasteiger partial charge in [0.25, 0.3) is 0 Å². The summed E-state index contributed by atoms with van der Waals surface area (Å²) in [5, 5.41) is 2.90. The average molecular weight is 399 g/mol. The molecule has 2 heterocycles. The molecule has 0 atom stereocenters. The normalized spacial score (nSPS) is 19.4. The standard InChI is InChI=1S/C19H34N4O5/c1-27-13-3-6-20-17(24)14-21-9-11-22(12-10-21)15-18(25)23-7-4-16(5-8-23)19(26)28-2/h16H,3-15H2,1-2H3,(H,20,24). The van der Waals surface area contributed by atoms with Gasteiger partial charge in [-0.05, 0) is 19.3 Å². The second kappa shape index (κ2) is 12.0. The van der Waals surface area contributed by atoms with Crippen LogP contribution >= 0.6 is 0 Å². The molecule has 0 aromatic rings. The van der Waals surface area contributed by atoms with E-state index in [1.54, 1.807) is 7.11 Å². The third-order valence-corrected chi connectivity index (χ3v) is 5.42. The average Bonchev–Trinajstić information content (AvgIpc) is 2.72. The van der Waals surface area contributed by atoms with Crippen molar-refractivity contribution in [1.82, 2.24) is 20.0 Å². The van der Waals surface area contributed by atoms with E-state index in [1.807, 2.05) is 4.90 Å². The molecule has 28 heavy (non-hydrogen) atoms. The fraction of sp³-hybridized carbons (Fsp3) is 0.842. The van der Waals surface area contributed by atoms with E-state index in [-0.39, 0.29) is 23.7 Å². The van der Waals surface area contributed by atoms with Gasteiger partial charge in [-0.1, -0.05) is 0 Å². The van der Waals surface area contributed by atoms with Crippen LogP contribution in [0.15, 0.2) is 0 Å². The van der Waals surface area contributed by atoms with E-state index in [9.17, 15) is 14.4 Å². The van der Waals surface area contributed by atoms with Gasteiger partial charge >= 0.3 is 5.97 Å². The van der Waals surface area contributed by atoms with Gasteiger partial charge < -0.3 is 19.7 Å². The fourth-order valence-corrected chi connectivity index (χ4v) is 3.63. The van der Waals surface area contributed by atoms with Crippen molar-refractivity contribution in [3.63, 3.8) is 0 Å². The molecule has 2 saturated heterocycles. The van der Waals surface area contributed by atoms with Gasteiger partial charge in [0.2, 0.25) is 11.8 Å². The van der Waals surface area contributed by atoms with Gasteiger partial charge in [0.05, 0.1) is 26.1 Å². The molecule has 0 spiro atoms. The highest BCUT2D eigenvalue weighted by Crippen LogP contribution is 2.18. The number of esters is 1. The molecule has 2 aliphatic rings. The van der Waals surface area contributed by atoms with E-state index in [0.29, 0.717) is 52.2 Å². The quantitative estimate of drug-likeness (QED) is 0.400. The van der Waals surface area contributed by atoms with Crippen LogP contribution in [0.25, 0.3) is 0 Å². The first-order valence-electron chi connectivity index (χ1n) is 10.1. The third-order valence-electron chi connectivity index (χ3n) is 5.42. The molecule has 0 aliphatic carbocycles. The number of hydrogen-bond donors (Lipinski definition) is 1. The smallest absolute Gasteiger partial charge is 0.308 e. The summed E-state index contributed by atoms with van der Waals surface area (Å²) in [4.78, 5) is 42.1. The van der Waals surface area contributed by atoms with Crippen LogP contribution < -0.4 is 5.32 Å². The van der Waals surface area contributed by atoms with Crippen LogP contribution in [0.1, 0.15) is 19.3 Å². The Morgan fingerprint density at radius 2 is 1.54 bits per heavy atom. The molecule has 0 aromatic heterocycles. The zero-order chi connectivity index (χ0) is 20.4. The summed E-state index contributed by atoms with van der Waals surface area (Å²) in [6, 6.07) is 0. The molecule has 0 aromatic carbocycles. The Bertz CT molecular complexity index is 514. The number of piperidine rings is 1. The lowest BCUT2D eigenvalue weighted by Gasteiger charge is -2.36. The maximum absolute atomic E-state index is 12.5. The van der Waals surface area contributed by atoms with Crippen LogP contribution in [0.3, 0.4) is 0 Å². The van der Waals surface area contributed by atoms with Gasteiger partial charge in [-0.2, -0.15) is 0 Å². The Balaban J connectivity index is 1.61. The number of ether oxygens (including phenoxy) is 2. The maximum atomic E-state index is 12.5. The van der Waals surface area contributed by atoms with Crippen LogP contribution in [0.5, 0.6) is 0 Å². The number of carbonyl (C=O) groups excluding carboxylic acids is 3. The van der Waals surface area contributed by atoms with Crippen LogP contribution in [0, 0.1) is 5.92 Å². The first kappa shape index (κ1) is 22.6. The highest BCUT2D eigenvalue weighted by Gasteiger charge is 2.29. The zero-order valence-electron chi connectivity index (χ0n) is 17.2. The zero-order valence-corrected chi connectivity index (χ0v) is 17.2. The number of rotatable bonds is 9. The van der Waals surface area contributed by atoms with Crippen LogP contribution in [-0.2, 0) is 23.9 Å². The second-order valence-corrected chi connectivity index (χ2v) is 7.43. The summed E-state index contributed by atoms with van der Waals surface area (Å²) >= 11 is 0. The number of piperazine rings is 1. The van der Waals surface area contributed by atoms with E-state index in [0.717, 1.165) is 32.6 Å². The summed E-state index contributed by atoms with van der Waals surface area (Å²) in [6.07, 6.45) is 2.16. The van der Waals surface area contributed by atoms with E-state index in [2.05, 4.69) is 15.1 Å². The Hall–Kier alpha value is -1.71. The molecule has 0 bridgehead atoms. The van der Waals surface area contributed by atoms with Crippen molar-refractivity contribution in [2.75, 3.05) is 79.7 Å². The third kappa shape index (κ3) is 7.37. The number of carbonyl (C=O) groups is 3. The molecule has 160 valence electrons. The van der Waals surface area contributed by atoms with Crippen molar-refractivity contribution < 1.29 is 23.9 Å². The van der Waals surface area contributed by atoms with Gasteiger partial charge in [-0.15, -0.1) is 0 Å². The molecule has 0 radical (unpaired) electrons. The molecule has 2 aliphatic heterocycles. The van der Waals surface area contributed by atoms with Crippen molar-refractivity contribution in [1.29, 1.82) is 0 Å². The monoisotopic (exact) mass is 398 g/mol. The Morgan fingerprint density at radius 1 is 0.929 bits per heavy atom. The van der Waals surface area contributed by atoms with Gasteiger partial charge in [-0.25, -0.2) is 0 Å². The highest BCUT2D eigenvalue weighted by atomic mass is 16.5. The summed E-state index contributed by atoms with van der Waals surface area (Å²) in [6.45, 7) is 6.43. The minimum absolute atomic E-state index is 0.0362. The number of nitrogens with zero attached hydrogens (tertiary/aromatic N) is 3. The van der Waals surface area contributed by atoms with Crippen molar-refractivity contribution in [2.45, 2.75) is 19.3 Å². The Labute approximate surface area is 167 Å². The first-order chi connectivity index (χ1) is 13.5. The Morgan fingerprint density at radius 3 is 2.11 bits per heavy atom. The summed E-state index contributed by atoms with van der Waals surface area (Å²) < 4.78 is 9.75. The van der Waals surface area contributed by atoms with Gasteiger partial charge in [0, 0.05) is 59.5 Å². The number of likely N-dealkylation sites (tertiary alicyclic amines) is 1. The van der Waals surface area contributed by atoms with Crippen LogP contribution in [0.2, 0.25) is 0 Å². The van der Waals surface area contributed by atoms with Crippen molar-refractivity contribution in [2.24, 2.45) is 5.92 Å². The van der Waals surface area contributed by atoms with Gasteiger partial charge in [0.1, 0.15) is 0 Å². The predicted octanol–water partition coefficient (Wildman–Crippen LogP) is -0.832. The summed E-state index contributed by atoms with van der Waals surface area (Å²) in [7, 11) is 3.06.